The number of amides is 1. The van der Waals surface area contributed by atoms with E-state index in [2.05, 4.69) is 10.3 Å². The van der Waals surface area contributed by atoms with Crippen LogP contribution in [0.25, 0.3) is 0 Å². The van der Waals surface area contributed by atoms with Crippen molar-refractivity contribution in [3.8, 4) is 0 Å². The van der Waals surface area contributed by atoms with Crippen molar-refractivity contribution >= 4 is 33.6 Å². The maximum atomic E-state index is 12.6. The average Bonchev–Trinajstić information content (AvgIpc) is 3.06. The van der Waals surface area contributed by atoms with Gasteiger partial charge >= 0.3 is 11.9 Å². The summed E-state index contributed by atoms with van der Waals surface area (Å²) in [6.07, 6.45) is 0. The molecule has 0 atom stereocenters. The first-order valence-electron chi connectivity index (χ1n) is 9.91. The number of aromatic nitrogens is 1. The highest BCUT2D eigenvalue weighted by Crippen LogP contribution is 2.21. The first-order chi connectivity index (χ1) is 15.1. The second-order valence-electron chi connectivity index (χ2n) is 6.86. The molecule has 0 unspecified atom stereocenters. The quantitative estimate of drug-likeness (QED) is 0.542. The zero-order chi connectivity index (χ0) is 24.1. The third-order valence-corrected chi connectivity index (χ3v) is 6.87. The maximum absolute atomic E-state index is 12.6. The molecule has 0 fully saturated rings. The van der Waals surface area contributed by atoms with E-state index in [1.807, 2.05) is 0 Å². The molecular formula is C21H27N3O7S. The van der Waals surface area contributed by atoms with Gasteiger partial charge in [0.25, 0.3) is 5.91 Å². The minimum atomic E-state index is -3.68. The summed E-state index contributed by atoms with van der Waals surface area (Å²) in [5.74, 6) is -2.05. The van der Waals surface area contributed by atoms with Crippen LogP contribution in [-0.2, 0) is 24.3 Å². The van der Waals surface area contributed by atoms with Crippen LogP contribution < -0.4 is 5.32 Å². The number of esters is 2. The van der Waals surface area contributed by atoms with Gasteiger partial charge in [0.1, 0.15) is 5.69 Å². The van der Waals surface area contributed by atoms with E-state index < -0.39 is 34.5 Å². The zero-order valence-electron chi connectivity index (χ0n) is 18.6. The molecule has 2 rings (SSSR count). The van der Waals surface area contributed by atoms with Gasteiger partial charge in [-0.1, -0.05) is 19.9 Å². The summed E-state index contributed by atoms with van der Waals surface area (Å²) in [5, 5.41) is 2.51. The summed E-state index contributed by atoms with van der Waals surface area (Å²) in [4.78, 5) is 39.2. The molecule has 0 spiro atoms. The van der Waals surface area contributed by atoms with Crippen molar-refractivity contribution in [1.82, 2.24) is 9.29 Å². The van der Waals surface area contributed by atoms with Gasteiger partial charge in [0.2, 0.25) is 10.0 Å². The fourth-order valence-electron chi connectivity index (χ4n) is 3.21. The minimum absolute atomic E-state index is 0.0445. The van der Waals surface area contributed by atoms with Gasteiger partial charge in [0.05, 0.1) is 17.6 Å². The molecule has 0 saturated heterocycles. The molecule has 32 heavy (non-hydrogen) atoms. The molecule has 1 aromatic heterocycles. The van der Waals surface area contributed by atoms with E-state index >= 15 is 0 Å². The number of hydrogen-bond acceptors (Lipinski definition) is 7. The summed E-state index contributed by atoms with van der Waals surface area (Å²) in [5.41, 5.74) is 1.32. The Balaban J connectivity index is 2.07. The molecule has 0 aliphatic heterocycles. The van der Waals surface area contributed by atoms with E-state index in [1.165, 1.54) is 35.7 Å². The fraction of sp³-hybridized carbons (Fsp3) is 0.381. The Labute approximate surface area is 186 Å². The molecule has 0 saturated carbocycles. The van der Waals surface area contributed by atoms with E-state index in [-0.39, 0.29) is 21.8 Å². The van der Waals surface area contributed by atoms with Gasteiger partial charge in [0, 0.05) is 24.5 Å². The Morgan fingerprint density at radius 1 is 1.09 bits per heavy atom. The molecule has 1 amide bonds. The summed E-state index contributed by atoms with van der Waals surface area (Å²) >= 11 is 0. The summed E-state index contributed by atoms with van der Waals surface area (Å²) in [6.45, 7) is 6.69. The summed E-state index contributed by atoms with van der Waals surface area (Å²) in [7, 11) is -2.45. The normalized spacial score (nSPS) is 11.3. The second-order valence-corrected chi connectivity index (χ2v) is 8.80. The molecule has 0 bridgehead atoms. The summed E-state index contributed by atoms with van der Waals surface area (Å²) in [6, 6.07) is 5.83. The number of anilines is 1. The van der Waals surface area contributed by atoms with Crippen LogP contribution in [0.2, 0.25) is 0 Å². The van der Waals surface area contributed by atoms with Gasteiger partial charge in [-0.15, -0.1) is 0 Å². The van der Waals surface area contributed by atoms with Crippen LogP contribution >= 0.6 is 0 Å². The van der Waals surface area contributed by atoms with Crippen molar-refractivity contribution in [1.29, 1.82) is 0 Å². The molecular weight excluding hydrogens is 438 g/mol. The minimum Gasteiger partial charge on any atom is -0.465 e. The third kappa shape index (κ3) is 5.35. The monoisotopic (exact) mass is 465 g/mol. The van der Waals surface area contributed by atoms with Gasteiger partial charge < -0.3 is 19.8 Å². The van der Waals surface area contributed by atoms with Crippen molar-refractivity contribution < 1.29 is 32.3 Å². The number of nitrogens with one attached hydrogen (secondary N) is 2. The van der Waals surface area contributed by atoms with E-state index in [1.54, 1.807) is 27.7 Å². The molecule has 2 aromatic rings. The standard InChI is InChI=1S/C21H27N3O7S/c1-6-24(7-2)32(28,29)16-10-8-9-15(11-16)23-17(25)12-31-21(27)19-13(3)18(14(4)22-19)20(26)30-5/h8-11,22H,6-7,12H2,1-5H3,(H,23,25). The van der Waals surface area contributed by atoms with Gasteiger partial charge in [-0.3, -0.25) is 4.79 Å². The largest absolute Gasteiger partial charge is 0.465 e. The first-order valence-corrected chi connectivity index (χ1v) is 11.3. The number of methoxy groups -OCH3 is 1. The first kappa shape index (κ1) is 25.1. The molecule has 2 N–H and O–H groups in total. The van der Waals surface area contributed by atoms with E-state index in [0.29, 0.717) is 24.3 Å². The van der Waals surface area contributed by atoms with Crippen molar-refractivity contribution in [3.63, 3.8) is 0 Å². The Morgan fingerprint density at radius 3 is 2.34 bits per heavy atom. The molecule has 174 valence electrons. The van der Waals surface area contributed by atoms with Gasteiger partial charge in [0.15, 0.2) is 6.61 Å². The number of aromatic amines is 1. The SMILES string of the molecule is CCN(CC)S(=O)(=O)c1cccc(NC(=O)COC(=O)c2[nH]c(C)c(C(=O)OC)c2C)c1. The topological polar surface area (TPSA) is 135 Å². The third-order valence-electron chi connectivity index (χ3n) is 4.83. The van der Waals surface area contributed by atoms with Crippen molar-refractivity contribution in [3.05, 3.63) is 46.8 Å². The predicted molar refractivity (Wildman–Crippen MR) is 117 cm³/mol. The highest BCUT2D eigenvalue weighted by molar-refractivity contribution is 7.89. The number of sulfonamides is 1. The van der Waals surface area contributed by atoms with E-state index in [0.717, 1.165) is 0 Å². The number of rotatable bonds is 9. The maximum Gasteiger partial charge on any atom is 0.355 e. The Bertz CT molecular complexity index is 1120. The van der Waals surface area contributed by atoms with Crippen LogP contribution in [0, 0.1) is 13.8 Å². The smallest absolute Gasteiger partial charge is 0.355 e. The average molecular weight is 466 g/mol. The van der Waals surface area contributed by atoms with Crippen molar-refractivity contribution in [2.24, 2.45) is 0 Å². The highest BCUT2D eigenvalue weighted by Gasteiger charge is 2.24. The van der Waals surface area contributed by atoms with Crippen molar-refractivity contribution in [2.45, 2.75) is 32.6 Å². The van der Waals surface area contributed by atoms with Crippen LogP contribution in [0.15, 0.2) is 29.2 Å². The number of nitrogens with zero attached hydrogens (tertiary/aromatic N) is 1. The Morgan fingerprint density at radius 2 is 1.75 bits per heavy atom. The molecule has 0 aliphatic rings. The van der Waals surface area contributed by atoms with Gasteiger partial charge in [-0.25, -0.2) is 18.0 Å². The van der Waals surface area contributed by atoms with E-state index in [4.69, 9.17) is 9.47 Å². The lowest BCUT2D eigenvalue weighted by Crippen LogP contribution is -2.30. The lowest BCUT2D eigenvalue weighted by atomic mass is 10.1. The number of carbonyl (C=O) groups excluding carboxylic acids is 3. The lowest BCUT2D eigenvalue weighted by Gasteiger charge is -2.18. The van der Waals surface area contributed by atoms with Crippen molar-refractivity contribution in [2.75, 3.05) is 32.1 Å². The molecule has 1 aromatic carbocycles. The number of ether oxygens (including phenoxy) is 2. The Hall–Kier alpha value is -3.18. The summed E-state index contributed by atoms with van der Waals surface area (Å²) < 4.78 is 36.3. The number of hydrogen-bond donors (Lipinski definition) is 2. The van der Waals surface area contributed by atoms with Crippen LogP contribution in [0.3, 0.4) is 0 Å². The zero-order valence-corrected chi connectivity index (χ0v) is 19.5. The van der Waals surface area contributed by atoms with E-state index in [9.17, 15) is 22.8 Å². The highest BCUT2D eigenvalue weighted by atomic mass is 32.2. The molecule has 0 aliphatic carbocycles. The molecule has 1 heterocycles. The number of H-pyrrole nitrogens is 1. The Kier molecular flexibility index (Phi) is 8.17. The predicted octanol–water partition coefficient (Wildman–Crippen LogP) is 2.24. The van der Waals surface area contributed by atoms with Crippen LogP contribution in [0.5, 0.6) is 0 Å². The molecule has 0 radical (unpaired) electrons. The van der Waals surface area contributed by atoms with Crippen LogP contribution in [-0.4, -0.2) is 62.4 Å². The number of benzene rings is 1. The lowest BCUT2D eigenvalue weighted by molar-refractivity contribution is -0.119. The van der Waals surface area contributed by atoms with Crippen LogP contribution in [0.1, 0.15) is 46.0 Å². The fourth-order valence-corrected chi connectivity index (χ4v) is 4.71. The van der Waals surface area contributed by atoms with Crippen LogP contribution in [0.4, 0.5) is 5.69 Å². The van der Waals surface area contributed by atoms with Gasteiger partial charge in [-0.05, 0) is 37.6 Å². The van der Waals surface area contributed by atoms with Gasteiger partial charge in [-0.2, -0.15) is 4.31 Å². The number of carbonyl (C=O) groups is 3. The molecule has 10 nitrogen and oxygen atoms in total. The number of aryl methyl sites for hydroxylation is 1. The second kappa shape index (κ2) is 10.4. The molecule has 11 heteroatoms.